The molecule has 2 unspecified atom stereocenters. The van der Waals surface area contributed by atoms with Crippen LogP contribution >= 0.6 is 0 Å². The summed E-state index contributed by atoms with van der Waals surface area (Å²) in [5.41, 5.74) is 4.73. The van der Waals surface area contributed by atoms with E-state index in [2.05, 4.69) is 5.32 Å². The maximum absolute atomic E-state index is 15.2. The number of amides is 2. The van der Waals surface area contributed by atoms with Gasteiger partial charge in [-0.05, 0) is 95.7 Å². The Balaban J connectivity index is 2.00. The average molecular weight is 510 g/mol. The highest BCUT2D eigenvalue weighted by Crippen LogP contribution is 2.47. The van der Waals surface area contributed by atoms with Crippen LogP contribution in [0.1, 0.15) is 69.8 Å². The molecule has 1 saturated heterocycles. The van der Waals surface area contributed by atoms with Crippen LogP contribution in [0, 0.1) is 23.6 Å². The fraction of sp³-hybridized carbons (Fsp3) is 0.750. The third-order valence-corrected chi connectivity index (χ3v) is 8.44. The Bertz CT molecular complexity index is 821. The third-order valence-electron chi connectivity index (χ3n) is 8.44. The van der Waals surface area contributed by atoms with E-state index in [1.165, 1.54) is 6.07 Å². The number of halogens is 2. The molecule has 1 aromatic rings. The van der Waals surface area contributed by atoms with Crippen LogP contribution in [0.2, 0.25) is 0 Å². The van der Waals surface area contributed by atoms with Gasteiger partial charge in [0.2, 0.25) is 0 Å². The van der Waals surface area contributed by atoms with Gasteiger partial charge in [-0.1, -0.05) is 18.2 Å². The lowest BCUT2D eigenvalue weighted by molar-refractivity contribution is -0.0954. The molecule has 1 heterocycles. The number of carbonyl (C=O) groups excluding carboxylic acids is 1. The van der Waals surface area contributed by atoms with E-state index in [4.69, 9.17) is 10.5 Å². The summed E-state index contributed by atoms with van der Waals surface area (Å²) in [6.07, 6.45) is 6.01. The van der Waals surface area contributed by atoms with Crippen LogP contribution in [0.15, 0.2) is 24.3 Å². The lowest BCUT2D eigenvalue weighted by Crippen LogP contribution is -2.60. The summed E-state index contributed by atoms with van der Waals surface area (Å²) >= 11 is 0. The molecule has 1 saturated carbocycles. The van der Waals surface area contributed by atoms with Crippen molar-refractivity contribution >= 4 is 6.03 Å². The van der Waals surface area contributed by atoms with Gasteiger partial charge in [0.1, 0.15) is 12.0 Å². The van der Waals surface area contributed by atoms with Crippen molar-refractivity contribution in [2.75, 3.05) is 33.9 Å². The van der Waals surface area contributed by atoms with Gasteiger partial charge < -0.3 is 25.8 Å². The van der Waals surface area contributed by atoms with Gasteiger partial charge in [-0.2, -0.15) is 0 Å². The first-order chi connectivity index (χ1) is 17.3. The quantitative estimate of drug-likeness (QED) is 0.355. The van der Waals surface area contributed by atoms with Crippen LogP contribution in [-0.4, -0.2) is 62.1 Å². The number of aliphatic hydroxyl groups is 1. The zero-order chi connectivity index (χ0) is 26.1. The number of nitrogens with zero attached hydrogens (tertiary/aromatic N) is 1. The first kappa shape index (κ1) is 28.8. The predicted molar refractivity (Wildman–Crippen MR) is 138 cm³/mol. The molecule has 2 amide bonds. The summed E-state index contributed by atoms with van der Waals surface area (Å²) in [6, 6.07) is 5.58. The molecule has 1 aliphatic carbocycles. The van der Waals surface area contributed by atoms with E-state index >= 15 is 4.39 Å². The van der Waals surface area contributed by atoms with Gasteiger partial charge in [-0.15, -0.1) is 0 Å². The van der Waals surface area contributed by atoms with Crippen molar-refractivity contribution in [3.8, 4) is 0 Å². The molecule has 36 heavy (non-hydrogen) atoms. The highest BCUT2D eigenvalue weighted by atomic mass is 19.1. The Hall–Kier alpha value is -1.77. The lowest BCUT2D eigenvalue weighted by atomic mass is 9.65. The second-order valence-electron chi connectivity index (χ2n) is 10.8. The normalized spacial score (nSPS) is 27.4. The number of hydrogen-bond acceptors (Lipinski definition) is 4. The number of unbranched alkanes of at least 4 members (excludes halogenated alkanes) is 1. The summed E-state index contributed by atoms with van der Waals surface area (Å²) in [7, 11) is 3.52. The molecule has 6 nitrogen and oxygen atoms in total. The van der Waals surface area contributed by atoms with E-state index in [0.29, 0.717) is 64.1 Å². The van der Waals surface area contributed by atoms with Gasteiger partial charge >= 0.3 is 6.03 Å². The van der Waals surface area contributed by atoms with Crippen LogP contribution < -0.4 is 11.1 Å². The number of methoxy groups -OCH3 is 1. The number of carbonyl (C=O) groups is 1. The first-order valence-electron chi connectivity index (χ1n) is 13.6. The minimum atomic E-state index is -1.46. The molecule has 0 bridgehead atoms. The number of nitrogens with one attached hydrogen (secondary N) is 1. The minimum Gasteiger partial charge on any atom is -0.385 e. The summed E-state index contributed by atoms with van der Waals surface area (Å²) in [5.74, 6) is -0.454. The second kappa shape index (κ2) is 13.7. The molecule has 0 aromatic heterocycles. The summed E-state index contributed by atoms with van der Waals surface area (Å²) in [4.78, 5) is 14.4. The van der Waals surface area contributed by atoms with E-state index in [1.807, 2.05) is 7.05 Å². The number of hydrogen-bond donors (Lipinski definition) is 3. The molecule has 8 heteroatoms. The van der Waals surface area contributed by atoms with Crippen molar-refractivity contribution in [1.29, 1.82) is 0 Å². The Morgan fingerprint density at radius 2 is 1.97 bits per heavy atom. The van der Waals surface area contributed by atoms with E-state index in [0.717, 1.165) is 25.7 Å². The zero-order valence-corrected chi connectivity index (χ0v) is 21.9. The maximum Gasteiger partial charge on any atom is 0.315 e. The molecule has 4 atom stereocenters. The van der Waals surface area contributed by atoms with Crippen molar-refractivity contribution < 1.29 is 23.4 Å². The van der Waals surface area contributed by atoms with Crippen LogP contribution in [0.5, 0.6) is 0 Å². The zero-order valence-electron chi connectivity index (χ0n) is 21.9. The highest BCUT2D eigenvalue weighted by Gasteiger charge is 2.50. The number of rotatable bonds is 12. The molecule has 1 aromatic carbocycles. The van der Waals surface area contributed by atoms with Gasteiger partial charge in [-0.25, -0.2) is 13.6 Å². The fourth-order valence-electron chi connectivity index (χ4n) is 6.74. The largest absolute Gasteiger partial charge is 0.385 e. The van der Waals surface area contributed by atoms with Gasteiger partial charge in [0, 0.05) is 37.8 Å². The number of benzene rings is 1. The smallest absolute Gasteiger partial charge is 0.315 e. The van der Waals surface area contributed by atoms with Crippen LogP contribution in [0.4, 0.5) is 13.6 Å². The average Bonchev–Trinajstić information content (AvgIpc) is 2.87. The Morgan fingerprint density at radius 1 is 1.25 bits per heavy atom. The second-order valence-corrected chi connectivity index (χ2v) is 10.8. The van der Waals surface area contributed by atoms with Crippen molar-refractivity contribution in [3.63, 3.8) is 0 Å². The summed E-state index contributed by atoms with van der Waals surface area (Å²) in [5, 5.41) is 15.7. The third kappa shape index (κ3) is 6.95. The van der Waals surface area contributed by atoms with Gasteiger partial charge in [0.05, 0.1) is 5.60 Å². The van der Waals surface area contributed by atoms with E-state index in [1.54, 1.807) is 30.2 Å². The molecule has 2 fully saturated rings. The van der Waals surface area contributed by atoms with Crippen LogP contribution in [-0.2, 0) is 10.3 Å². The fourth-order valence-corrected chi connectivity index (χ4v) is 6.74. The molecular weight excluding hydrogens is 464 g/mol. The number of piperidine rings is 1. The highest BCUT2D eigenvalue weighted by molar-refractivity contribution is 5.72. The number of ether oxygens (including phenoxy) is 1. The van der Waals surface area contributed by atoms with Crippen LogP contribution in [0.3, 0.4) is 0 Å². The first-order valence-corrected chi connectivity index (χ1v) is 13.6. The Labute approximate surface area is 214 Å². The van der Waals surface area contributed by atoms with E-state index in [9.17, 15) is 14.3 Å². The van der Waals surface area contributed by atoms with E-state index in [-0.39, 0.29) is 23.4 Å². The van der Waals surface area contributed by atoms with Gasteiger partial charge in [-0.3, -0.25) is 0 Å². The molecule has 2 aliphatic rings. The minimum absolute atomic E-state index is 0.00577. The number of primary amides is 1. The molecule has 0 spiro atoms. The van der Waals surface area contributed by atoms with Gasteiger partial charge in [0.15, 0.2) is 0 Å². The number of urea groups is 1. The SMILES string of the molecule is CNC[C@H](CC1CCC(F)CC1)C1C([C@](O)(CCCCOC)c2ccccc2F)CCCN1C(N)=O. The molecule has 1 aliphatic heterocycles. The molecule has 0 radical (unpaired) electrons. The number of alkyl halides is 1. The molecule has 204 valence electrons. The van der Waals surface area contributed by atoms with Crippen molar-refractivity contribution in [2.45, 2.75) is 82.0 Å². The summed E-state index contributed by atoms with van der Waals surface area (Å²) in [6.45, 7) is 1.72. The Kier molecular flexibility index (Phi) is 10.9. The summed E-state index contributed by atoms with van der Waals surface area (Å²) < 4.78 is 34.2. The monoisotopic (exact) mass is 509 g/mol. The molecular formula is C28H45F2N3O3. The maximum atomic E-state index is 15.2. The molecule has 3 rings (SSSR count). The standard InChI is InChI=1S/C28H45F2N3O3/c1-32-19-21(18-20-11-13-22(29)14-12-20)26-24(9-7-16-33(26)27(31)34)28(35,15-5-6-17-36-2)23-8-3-4-10-25(23)30/h3-4,8,10,20-22,24,26,32,35H,5-7,9,11-19H2,1-2H3,(H2,31,34)/t20?,21-,22?,24?,26?,28-/m0/s1. The molecule has 4 N–H and O–H groups in total. The predicted octanol–water partition coefficient (Wildman–Crippen LogP) is 4.74. The van der Waals surface area contributed by atoms with Crippen molar-refractivity contribution in [3.05, 3.63) is 35.6 Å². The van der Waals surface area contributed by atoms with Crippen LogP contribution in [0.25, 0.3) is 0 Å². The van der Waals surface area contributed by atoms with Gasteiger partial charge in [0.25, 0.3) is 0 Å². The van der Waals surface area contributed by atoms with E-state index < -0.39 is 23.6 Å². The van der Waals surface area contributed by atoms with Crippen molar-refractivity contribution in [2.24, 2.45) is 23.5 Å². The number of likely N-dealkylation sites (tertiary alicyclic amines) is 1. The Morgan fingerprint density at radius 3 is 2.61 bits per heavy atom. The topological polar surface area (TPSA) is 87.8 Å². The number of nitrogens with two attached hydrogens (primary N) is 1. The van der Waals surface area contributed by atoms with Crippen molar-refractivity contribution in [1.82, 2.24) is 10.2 Å². The lowest BCUT2D eigenvalue weighted by Gasteiger charge is -2.51.